The molecule has 0 aromatic heterocycles. The van der Waals surface area contributed by atoms with Crippen LogP contribution in [0.15, 0.2) is 0 Å². The van der Waals surface area contributed by atoms with Crippen LogP contribution in [0.2, 0.25) is 0 Å². The Balaban J connectivity index is 2.52. The van der Waals surface area contributed by atoms with E-state index in [-0.39, 0.29) is 0 Å². The van der Waals surface area contributed by atoms with Gasteiger partial charge in [0, 0.05) is 18.1 Å². The molecule has 0 radical (unpaired) electrons. The van der Waals surface area contributed by atoms with Crippen LogP contribution in [0.1, 0.15) is 53.9 Å². The van der Waals surface area contributed by atoms with Gasteiger partial charge in [0.2, 0.25) is 0 Å². The van der Waals surface area contributed by atoms with Crippen LogP contribution in [-0.4, -0.2) is 36.1 Å². The molecule has 0 aromatic rings. The van der Waals surface area contributed by atoms with Crippen molar-refractivity contribution in [3.63, 3.8) is 0 Å². The first-order chi connectivity index (χ1) is 7.61. The Bertz CT molecular complexity index is 193. The summed E-state index contributed by atoms with van der Waals surface area (Å²) in [6, 6.07) is 2.32. The molecule has 0 aliphatic carbocycles. The lowest BCUT2D eigenvalue weighted by Gasteiger charge is -2.37. The Morgan fingerprint density at radius 2 is 1.94 bits per heavy atom. The number of nitrogens with zero attached hydrogens (tertiary/aromatic N) is 1. The second-order valence-electron chi connectivity index (χ2n) is 5.46. The first kappa shape index (κ1) is 14.0. The summed E-state index contributed by atoms with van der Waals surface area (Å²) in [5, 5.41) is 3.47. The predicted molar refractivity (Wildman–Crippen MR) is 71.8 cm³/mol. The van der Waals surface area contributed by atoms with Gasteiger partial charge in [-0.3, -0.25) is 4.90 Å². The van der Waals surface area contributed by atoms with Crippen LogP contribution in [-0.2, 0) is 0 Å². The lowest BCUT2D eigenvalue weighted by atomic mass is 9.99. The summed E-state index contributed by atoms with van der Waals surface area (Å²) in [7, 11) is 0. The highest BCUT2D eigenvalue weighted by molar-refractivity contribution is 4.89. The molecule has 0 saturated carbocycles. The predicted octanol–water partition coefficient (Wildman–Crippen LogP) is 2.88. The van der Waals surface area contributed by atoms with Crippen molar-refractivity contribution in [2.24, 2.45) is 5.92 Å². The van der Waals surface area contributed by atoms with E-state index in [9.17, 15) is 0 Å². The molecule has 1 heterocycles. The van der Waals surface area contributed by atoms with Crippen molar-refractivity contribution in [1.29, 1.82) is 0 Å². The summed E-state index contributed by atoms with van der Waals surface area (Å²) >= 11 is 0. The molecule has 1 fully saturated rings. The van der Waals surface area contributed by atoms with Crippen LogP contribution in [0.3, 0.4) is 0 Å². The van der Waals surface area contributed by atoms with Crippen molar-refractivity contribution in [3.8, 4) is 0 Å². The van der Waals surface area contributed by atoms with Gasteiger partial charge < -0.3 is 5.32 Å². The SMILES string of the molecule is CCNCC(C)C(C)N1C(C)CCC1CC. The molecule has 1 N–H and O–H groups in total. The first-order valence-electron chi connectivity index (χ1n) is 7.09. The Hall–Kier alpha value is -0.0800. The fraction of sp³-hybridized carbons (Fsp3) is 1.00. The third-order valence-electron chi connectivity index (χ3n) is 4.33. The monoisotopic (exact) mass is 226 g/mol. The van der Waals surface area contributed by atoms with E-state index in [0.717, 1.165) is 31.1 Å². The van der Waals surface area contributed by atoms with Gasteiger partial charge in [0.05, 0.1) is 0 Å². The van der Waals surface area contributed by atoms with E-state index in [4.69, 9.17) is 0 Å². The van der Waals surface area contributed by atoms with E-state index in [1.54, 1.807) is 0 Å². The normalized spacial score (nSPS) is 30.6. The number of likely N-dealkylation sites (tertiary alicyclic amines) is 1. The van der Waals surface area contributed by atoms with Gasteiger partial charge in [0.25, 0.3) is 0 Å². The van der Waals surface area contributed by atoms with Gasteiger partial charge >= 0.3 is 0 Å². The van der Waals surface area contributed by atoms with Gasteiger partial charge in [-0.05, 0) is 52.1 Å². The largest absolute Gasteiger partial charge is 0.317 e. The minimum atomic E-state index is 0.710. The fourth-order valence-electron chi connectivity index (χ4n) is 3.08. The van der Waals surface area contributed by atoms with Crippen molar-refractivity contribution >= 4 is 0 Å². The zero-order valence-electron chi connectivity index (χ0n) is 11.8. The van der Waals surface area contributed by atoms with Crippen LogP contribution in [0.4, 0.5) is 0 Å². The standard InChI is InChI=1S/C14H30N2/c1-6-14-9-8-12(4)16(14)13(5)11(3)10-15-7-2/h11-15H,6-10H2,1-5H3. The average Bonchev–Trinajstić information content (AvgIpc) is 2.66. The van der Waals surface area contributed by atoms with Gasteiger partial charge in [0.1, 0.15) is 0 Å². The number of hydrogen-bond acceptors (Lipinski definition) is 2. The third-order valence-corrected chi connectivity index (χ3v) is 4.33. The number of nitrogens with one attached hydrogen (secondary N) is 1. The molecular weight excluding hydrogens is 196 g/mol. The van der Waals surface area contributed by atoms with Crippen LogP contribution >= 0.6 is 0 Å². The molecule has 0 spiro atoms. The molecule has 4 atom stereocenters. The zero-order chi connectivity index (χ0) is 12.1. The molecule has 1 aliphatic heterocycles. The molecule has 2 nitrogen and oxygen atoms in total. The Labute approximate surface area is 102 Å². The summed E-state index contributed by atoms with van der Waals surface area (Å²) < 4.78 is 0. The Kier molecular flexibility index (Phi) is 5.77. The molecule has 1 saturated heterocycles. The average molecular weight is 226 g/mol. The summed E-state index contributed by atoms with van der Waals surface area (Å²) in [4.78, 5) is 2.77. The Morgan fingerprint density at radius 1 is 1.25 bits per heavy atom. The number of rotatable bonds is 6. The second-order valence-corrected chi connectivity index (χ2v) is 5.46. The molecule has 0 aromatic carbocycles. The smallest absolute Gasteiger partial charge is 0.0110 e. The van der Waals surface area contributed by atoms with E-state index in [2.05, 4.69) is 44.8 Å². The summed E-state index contributed by atoms with van der Waals surface area (Å²) in [6.45, 7) is 13.9. The molecule has 1 rings (SSSR count). The zero-order valence-corrected chi connectivity index (χ0v) is 11.8. The summed E-state index contributed by atoms with van der Waals surface area (Å²) in [5.41, 5.74) is 0. The van der Waals surface area contributed by atoms with Crippen LogP contribution < -0.4 is 5.32 Å². The molecular formula is C14H30N2. The van der Waals surface area contributed by atoms with Gasteiger partial charge in [-0.15, -0.1) is 0 Å². The quantitative estimate of drug-likeness (QED) is 0.749. The summed E-state index contributed by atoms with van der Waals surface area (Å²) in [5.74, 6) is 0.745. The Morgan fingerprint density at radius 3 is 2.50 bits per heavy atom. The van der Waals surface area contributed by atoms with Crippen molar-refractivity contribution in [2.75, 3.05) is 13.1 Å². The van der Waals surface area contributed by atoms with E-state index in [0.29, 0.717) is 6.04 Å². The van der Waals surface area contributed by atoms with Gasteiger partial charge in [-0.1, -0.05) is 20.8 Å². The molecule has 0 amide bonds. The maximum atomic E-state index is 3.47. The van der Waals surface area contributed by atoms with Crippen LogP contribution in [0.25, 0.3) is 0 Å². The second kappa shape index (κ2) is 6.61. The molecule has 16 heavy (non-hydrogen) atoms. The van der Waals surface area contributed by atoms with Gasteiger partial charge in [0.15, 0.2) is 0 Å². The summed E-state index contributed by atoms with van der Waals surface area (Å²) in [6.07, 6.45) is 4.09. The number of hydrogen-bond donors (Lipinski definition) is 1. The van der Waals surface area contributed by atoms with Gasteiger partial charge in [-0.25, -0.2) is 0 Å². The van der Waals surface area contributed by atoms with E-state index in [1.807, 2.05) is 0 Å². The maximum Gasteiger partial charge on any atom is 0.0110 e. The maximum absolute atomic E-state index is 3.47. The fourth-order valence-corrected chi connectivity index (χ4v) is 3.08. The molecule has 1 aliphatic rings. The van der Waals surface area contributed by atoms with Gasteiger partial charge in [-0.2, -0.15) is 0 Å². The molecule has 0 bridgehead atoms. The minimum Gasteiger partial charge on any atom is -0.317 e. The van der Waals surface area contributed by atoms with Crippen molar-refractivity contribution in [2.45, 2.75) is 72.0 Å². The van der Waals surface area contributed by atoms with Crippen molar-refractivity contribution in [1.82, 2.24) is 10.2 Å². The highest BCUT2D eigenvalue weighted by Gasteiger charge is 2.34. The van der Waals surface area contributed by atoms with Crippen molar-refractivity contribution < 1.29 is 0 Å². The van der Waals surface area contributed by atoms with E-state index >= 15 is 0 Å². The highest BCUT2D eigenvalue weighted by atomic mass is 15.2. The van der Waals surface area contributed by atoms with E-state index < -0.39 is 0 Å². The topological polar surface area (TPSA) is 15.3 Å². The van der Waals surface area contributed by atoms with Crippen molar-refractivity contribution in [3.05, 3.63) is 0 Å². The first-order valence-corrected chi connectivity index (χ1v) is 7.09. The third kappa shape index (κ3) is 3.21. The van der Waals surface area contributed by atoms with Crippen LogP contribution in [0.5, 0.6) is 0 Å². The molecule has 96 valence electrons. The lowest BCUT2D eigenvalue weighted by molar-refractivity contribution is 0.106. The molecule has 4 unspecified atom stereocenters. The minimum absolute atomic E-state index is 0.710. The lowest BCUT2D eigenvalue weighted by Crippen LogP contribution is -2.46. The van der Waals surface area contributed by atoms with E-state index in [1.165, 1.54) is 19.3 Å². The highest BCUT2D eigenvalue weighted by Crippen LogP contribution is 2.30. The molecule has 2 heteroatoms. The van der Waals surface area contributed by atoms with Crippen LogP contribution in [0, 0.1) is 5.92 Å².